The van der Waals surface area contributed by atoms with Crippen molar-refractivity contribution in [1.82, 2.24) is 10.2 Å². The lowest BCUT2D eigenvalue weighted by Crippen LogP contribution is -2.52. The molecular weight excluding hydrogens is 488 g/mol. The highest BCUT2D eigenvalue weighted by Gasteiger charge is 2.31. The zero-order chi connectivity index (χ0) is 27.6. The first-order chi connectivity index (χ1) is 18.9. The number of hydrogen-bond donors (Lipinski definition) is 1. The van der Waals surface area contributed by atoms with Crippen LogP contribution in [0.2, 0.25) is 0 Å². The molecule has 0 saturated carbocycles. The van der Waals surface area contributed by atoms with Gasteiger partial charge in [0.1, 0.15) is 17.5 Å². The van der Waals surface area contributed by atoms with Crippen LogP contribution < -0.4 is 14.8 Å². The van der Waals surface area contributed by atoms with Crippen LogP contribution in [0.1, 0.15) is 25.0 Å². The summed E-state index contributed by atoms with van der Waals surface area (Å²) in [6, 6.07) is 30.3. The van der Waals surface area contributed by atoms with Gasteiger partial charge in [-0.15, -0.1) is 0 Å². The zero-order valence-electron chi connectivity index (χ0n) is 22.8. The molecule has 6 nitrogen and oxygen atoms in total. The molecule has 0 saturated heterocycles. The summed E-state index contributed by atoms with van der Waals surface area (Å²) in [5.41, 5.74) is 1.84. The third-order valence-corrected chi connectivity index (χ3v) is 6.54. The van der Waals surface area contributed by atoms with Crippen LogP contribution in [0.25, 0.3) is 10.8 Å². The van der Waals surface area contributed by atoms with E-state index in [-0.39, 0.29) is 30.9 Å². The van der Waals surface area contributed by atoms with Crippen molar-refractivity contribution in [2.45, 2.75) is 32.9 Å². The molecule has 1 atom stereocenters. The summed E-state index contributed by atoms with van der Waals surface area (Å²) >= 11 is 0. The van der Waals surface area contributed by atoms with Crippen molar-refractivity contribution < 1.29 is 19.1 Å². The molecule has 0 heterocycles. The second-order valence-corrected chi connectivity index (χ2v) is 9.98. The summed E-state index contributed by atoms with van der Waals surface area (Å²) in [5.74, 6) is 1.14. The van der Waals surface area contributed by atoms with Gasteiger partial charge in [0, 0.05) is 24.9 Å². The van der Waals surface area contributed by atoms with E-state index in [1.54, 1.807) is 12.0 Å². The number of nitrogens with zero attached hydrogens (tertiary/aromatic N) is 1. The van der Waals surface area contributed by atoms with Crippen molar-refractivity contribution in [3.63, 3.8) is 0 Å². The molecule has 6 heteroatoms. The van der Waals surface area contributed by atoms with Crippen LogP contribution in [-0.4, -0.2) is 43.0 Å². The minimum Gasteiger partial charge on any atom is -0.497 e. The van der Waals surface area contributed by atoms with E-state index in [4.69, 9.17) is 9.47 Å². The molecule has 0 aliphatic rings. The van der Waals surface area contributed by atoms with Gasteiger partial charge in [0.25, 0.3) is 5.91 Å². The highest BCUT2D eigenvalue weighted by atomic mass is 16.5. The average molecular weight is 525 g/mol. The maximum atomic E-state index is 13.9. The van der Waals surface area contributed by atoms with Gasteiger partial charge in [-0.2, -0.15) is 0 Å². The van der Waals surface area contributed by atoms with Gasteiger partial charge >= 0.3 is 0 Å². The summed E-state index contributed by atoms with van der Waals surface area (Å²) in [4.78, 5) is 29.1. The van der Waals surface area contributed by atoms with Gasteiger partial charge in [-0.05, 0) is 40.6 Å². The smallest absolute Gasteiger partial charge is 0.261 e. The van der Waals surface area contributed by atoms with E-state index in [2.05, 4.69) is 5.32 Å². The van der Waals surface area contributed by atoms with Gasteiger partial charge in [-0.3, -0.25) is 9.59 Å². The fourth-order valence-corrected chi connectivity index (χ4v) is 4.49. The topological polar surface area (TPSA) is 67.9 Å². The maximum absolute atomic E-state index is 13.9. The quantitative estimate of drug-likeness (QED) is 0.261. The molecule has 0 radical (unpaired) electrons. The van der Waals surface area contributed by atoms with Crippen molar-refractivity contribution in [2.24, 2.45) is 5.92 Å². The van der Waals surface area contributed by atoms with Crippen LogP contribution in [0.4, 0.5) is 0 Å². The van der Waals surface area contributed by atoms with Gasteiger partial charge in [0.05, 0.1) is 7.11 Å². The van der Waals surface area contributed by atoms with E-state index < -0.39 is 6.04 Å². The minimum atomic E-state index is -0.721. The minimum absolute atomic E-state index is 0.186. The van der Waals surface area contributed by atoms with Crippen LogP contribution in [-0.2, 0) is 22.6 Å². The van der Waals surface area contributed by atoms with Crippen LogP contribution in [0.3, 0.4) is 0 Å². The Morgan fingerprint density at radius 2 is 1.54 bits per heavy atom. The molecule has 0 aromatic heterocycles. The molecule has 2 amide bonds. The number of rotatable bonds is 12. The van der Waals surface area contributed by atoms with E-state index in [1.165, 1.54) is 0 Å². The molecule has 4 aromatic rings. The second-order valence-electron chi connectivity index (χ2n) is 9.98. The predicted octanol–water partition coefficient (Wildman–Crippen LogP) is 5.64. The Kier molecular flexibility index (Phi) is 9.57. The zero-order valence-corrected chi connectivity index (χ0v) is 22.8. The van der Waals surface area contributed by atoms with E-state index in [9.17, 15) is 9.59 Å². The Hall–Kier alpha value is -4.32. The number of carbonyl (C=O) groups is 2. The number of carbonyl (C=O) groups excluding carboxylic acids is 2. The first-order valence-electron chi connectivity index (χ1n) is 13.3. The molecule has 0 bridgehead atoms. The molecule has 0 aliphatic heterocycles. The Balaban J connectivity index is 1.65. The van der Waals surface area contributed by atoms with Gasteiger partial charge in [0.15, 0.2) is 6.61 Å². The second kappa shape index (κ2) is 13.5. The Labute approximate surface area is 230 Å². The average Bonchev–Trinajstić information content (AvgIpc) is 2.97. The van der Waals surface area contributed by atoms with Crippen LogP contribution >= 0.6 is 0 Å². The number of nitrogens with one attached hydrogen (secondary N) is 1. The van der Waals surface area contributed by atoms with Gasteiger partial charge in [-0.1, -0.05) is 92.7 Å². The Morgan fingerprint density at radius 3 is 2.31 bits per heavy atom. The molecule has 4 rings (SSSR count). The van der Waals surface area contributed by atoms with E-state index in [0.29, 0.717) is 24.5 Å². The Morgan fingerprint density at radius 1 is 0.846 bits per heavy atom. The van der Waals surface area contributed by atoms with Crippen molar-refractivity contribution >= 4 is 22.6 Å². The monoisotopic (exact) mass is 524 g/mol. The summed E-state index contributed by atoms with van der Waals surface area (Å²) < 4.78 is 11.5. The normalized spacial score (nSPS) is 11.7. The SMILES string of the molecule is COc1cccc(CN(C(=O)COc2cccc3ccccc23)[C@@H](Cc2ccccc2)C(=O)NCC(C)C)c1. The van der Waals surface area contributed by atoms with Gasteiger partial charge in [0.2, 0.25) is 5.91 Å². The highest BCUT2D eigenvalue weighted by Crippen LogP contribution is 2.25. The summed E-state index contributed by atoms with van der Waals surface area (Å²) in [6.07, 6.45) is 0.384. The first-order valence-corrected chi connectivity index (χ1v) is 13.3. The highest BCUT2D eigenvalue weighted by molar-refractivity contribution is 5.90. The molecule has 4 aromatic carbocycles. The molecule has 0 unspecified atom stereocenters. The number of ether oxygens (including phenoxy) is 2. The third kappa shape index (κ3) is 7.60. The van der Waals surface area contributed by atoms with Crippen molar-refractivity contribution in [2.75, 3.05) is 20.3 Å². The van der Waals surface area contributed by atoms with Crippen LogP contribution in [0.15, 0.2) is 97.1 Å². The lowest BCUT2D eigenvalue weighted by atomic mass is 10.0. The fraction of sp³-hybridized carbons (Fsp3) is 0.273. The number of fused-ring (bicyclic) bond motifs is 1. The van der Waals surface area contributed by atoms with Crippen LogP contribution in [0.5, 0.6) is 11.5 Å². The number of amides is 2. The number of hydrogen-bond acceptors (Lipinski definition) is 4. The number of methoxy groups -OCH3 is 1. The molecular formula is C33H36N2O4. The van der Waals surface area contributed by atoms with Gasteiger partial charge < -0.3 is 19.7 Å². The van der Waals surface area contributed by atoms with E-state index in [0.717, 1.165) is 21.9 Å². The Bertz CT molecular complexity index is 1380. The predicted molar refractivity (Wildman–Crippen MR) is 155 cm³/mol. The van der Waals surface area contributed by atoms with Crippen molar-refractivity contribution in [3.05, 3.63) is 108 Å². The van der Waals surface area contributed by atoms with Gasteiger partial charge in [-0.25, -0.2) is 0 Å². The maximum Gasteiger partial charge on any atom is 0.261 e. The fourth-order valence-electron chi connectivity index (χ4n) is 4.49. The first kappa shape index (κ1) is 27.7. The molecule has 39 heavy (non-hydrogen) atoms. The van der Waals surface area contributed by atoms with Crippen molar-refractivity contribution in [3.8, 4) is 11.5 Å². The largest absolute Gasteiger partial charge is 0.497 e. The standard InChI is InChI=1S/C33H36N2O4/c1-24(2)21-34-33(37)30(20-25-11-5-4-6-12-25)35(22-26-13-9-16-28(19-26)38-3)32(36)23-39-31-18-10-15-27-14-7-8-17-29(27)31/h4-19,24,30H,20-23H2,1-3H3,(H,34,37)/t30-/m0/s1. The molecule has 0 fully saturated rings. The third-order valence-electron chi connectivity index (χ3n) is 6.54. The molecule has 202 valence electrons. The summed E-state index contributed by atoms with van der Waals surface area (Å²) in [5, 5.41) is 5.01. The lowest BCUT2D eigenvalue weighted by Gasteiger charge is -2.32. The summed E-state index contributed by atoms with van der Waals surface area (Å²) in [6.45, 7) is 4.66. The molecule has 1 N–H and O–H groups in total. The summed E-state index contributed by atoms with van der Waals surface area (Å²) in [7, 11) is 1.61. The lowest BCUT2D eigenvalue weighted by molar-refractivity contribution is -0.142. The molecule has 0 aliphatic carbocycles. The van der Waals surface area contributed by atoms with Crippen LogP contribution in [0, 0.1) is 5.92 Å². The van der Waals surface area contributed by atoms with Crippen molar-refractivity contribution in [1.29, 1.82) is 0 Å². The van der Waals surface area contributed by atoms with E-state index in [1.807, 2.05) is 111 Å². The van der Waals surface area contributed by atoms with E-state index >= 15 is 0 Å². The molecule has 0 spiro atoms. The number of benzene rings is 4.